The van der Waals surface area contributed by atoms with E-state index in [1.54, 1.807) is 18.2 Å². The Morgan fingerprint density at radius 1 is 1.22 bits per heavy atom. The molecule has 0 saturated carbocycles. The highest BCUT2D eigenvalue weighted by Gasteiger charge is 2.05. The lowest BCUT2D eigenvalue weighted by Crippen LogP contribution is -2.25. The number of rotatable bonds is 5. The van der Waals surface area contributed by atoms with E-state index in [4.69, 9.17) is 16.3 Å². The number of hydrogen-bond acceptors (Lipinski definition) is 3. The van der Waals surface area contributed by atoms with Gasteiger partial charge in [-0.2, -0.15) is 5.10 Å². The number of carbonyl (C=O) groups is 1. The first-order chi connectivity index (χ1) is 11.0. The summed E-state index contributed by atoms with van der Waals surface area (Å²) in [5.41, 5.74) is 6.23. The lowest BCUT2D eigenvalue weighted by atomic mass is 10.1. The summed E-state index contributed by atoms with van der Waals surface area (Å²) < 4.78 is 5.47. The minimum atomic E-state index is -0.314. The summed E-state index contributed by atoms with van der Waals surface area (Å²) in [6, 6.07) is 13.2. The average molecular weight is 331 g/mol. The number of ether oxygens (including phenoxy) is 1. The first kappa shape index (κ1) is 17.0. The van der Waals surface area contributed by atoms with Gasteiger partial charge in [0, 0.05) is 5.02 Å². The molecule has 0 atom stereocenters. The molecule has 0 radical (unpaired) electrons. The predicted molar refractivity (Wildman–Crippen MR) is 93.2 cm³/mol. The zero-order chi connectivity index (χ0) is 16.8. The number of benzene rings is 2. The van der Waals surface area contributed by atoms with Crippen LogP contribution in [0.25, 0.3) is 0 Å². The summed E-state index contributed by atoms with van der Waals surface area (Å²) in [4.78, 5) is 11.8. The standard InChI is InChI=1S/C18H19ClN2O2/c1-12-5-4-6-15(9-12)14(3)20-21-18(22)11-23-17-8-7-16(19)10-13(17)2/h4-10H,11H2,1-3H3,(H,21,22)/b20-14+. The maximum Gasteiger partial charge on any atom is 0.277 e. The Bertz CT molecular complexity index is 742. The van der Waals surface area contributed by atoms with E-state index >= 15 is 0 Å². The van der Waals surface area contributed by atoms with Gasteiger partial charge in [0.15, 0.2) is 6.61 Å². The normalized spacial score (nSPS) is 11.2. The highest BCUT2D eigenvalue weighted by molar-refractivity contribution is 6.30. The SMILES string of the molecule is C/C(=N\NC(=O)COc1ccc(Cl)cc1C)c1cccc(C)c1. The molecule has 0 aliphatic rings. The Morgan fingerprint density at radius 3 is 2.70 bits per heavy atom. The van der Waals surface area contributed by atoms with Crippen LogP contribution in [0.1, 0.15) is 23.6 Å². The fourth-order valence-corrected chi connectivity index (χ4v) is 2.26. The molecule has 0 saturated heterocycles. The molecule has 0 aliphatic carbocycles. The van der Waals surface area contributed by atoms with Gasteiger partial charge in [0.1, 0.15) is 5.75 Å². The molecule has 0 unspecified atom stereocenters. The first-order valence-corrected chi connectivity index (χ1v) is 7.62. The minimum Gasteiger partial charge on any atom is -0.483 e. The summed E-state index contributed by atoms with van der Waals surface area (Å²) in [5, 5.41) is 4.74. The average Bonchev–Trinajstić information content (AvgIpc) is 2.51. The van der Waals surface area contributed by atoms with Gasteiger partial charge in [0.2, 0.25) is 0 Å². The molecule has 2 rings (SSSR count). The molecule has 2 aromatic carbocycles. The maximum atomic E-state index is 11.8. The van der Waals surface area contributed by atoms with Crippen molar-refractivity contribution in [2.45, 2.75) is 20.8 Å². The number of nitrogens with one attached hydrogen (secondary N) is 1. The third-order valence-corrected chi connectivity index (χ3v) is 3.51. The van der Waals surface area contributed by atoms with Crippen LogP contribution in [0, 0.1) is 13.8 Å². The van der Waals surface area contributed by atoms with E-state index in [1.807, 2.05) is 45.0 Å². The summed E-state index contributed by atoms with van der Waals surface area (Å²) >= 11 is 5.88. The van der Waals surface area contributed by atoms with Crippen molar-refractivity contribution in [1.29, 1.82) is 0 Å². The third kappa shape index (κ3) is 5.11. The second-order valence-corrected chi connectivity index (χ2v) is 5.74. The van der Waals surface area contributed by atoms with Gasteiger partial charge in [-0.05, 0) is 50.1 Å². The Balaban J connectivity index is 1.90. The number of carbonyl (C=O) groups excluding carboxylic acids is 1. The van der Waals surface area contributed by atoms with Crippen molar-refractivity contribution in [3.05, 3.63) is 64.2 Å². The molecule has 0 heterocycles. The highest BCUT2D eigenvalue weighted by Crippen LogP contribution is 2.21. The number of hydrazone groups is 1. The molecule has 0 fully saturated rings. The van der Waals surface area contributed by atoms with E-state index in [-0.39, 0.29) is 12.5 Å². The minimum absolute atomic E-state index is 0.104. The number of aryl methyl sites for hydroxylation is 2. The van der Waals surface area contributed by atoms with Gasteiger partial charge in [-0.1, -0.05) is 41.4 Å². The summed E-state index contributed by atoms with van der Waals surface area (Å²) in [5.74, 6) is 0.315. The Labute approximate surface area is 141 Å². The van der Waals surface area contributed by atoms with Gasteiger partial charge in [-0.15, -0.1) is 0 Å². The molecule has 0 spiro atoms. The lowest BCUT2D eigenvalue weighted by Gasteiger charge is -2.08. The Hall–Kier alpha value is -2.33. The Morgan fingerprint density at radius 2 is 2.00 bits per heavy atom. The van der Waals surface area contributed by atoms with Crippen molar-refractivity contribution in [2.75, 3.05) is 6.61 Å². The predicted octanol–water partition coefficient (Wildman–Crippen LogP) is 3.88. The zero-order valence-electron chi connectivity index (χ0n) is 13.4. The van der Waals surface area contributed by atoms with Gasteiger partial charge in [0.25, 0.3) is 5.91 Å². The van der Waals surface area contributed by atoms with Crippen molar-refractivity contribution in [1.82, 2.24) is 5.43 Å². The molecule has 4 nitrogen and oxygen atoms in total. The van der Waals surface area contributed by atoms with Crippen molar-refractivity contribution < 1.29 is 9.53 Å². The first-order valence-electron chi connectivity index (χ1n) is 7.25. The number of halogens is 1. The van der Waals surface area contributed by atoms with E-state index in [0.717, 1.165) is 22.4 Å². The number of nitrogens with zero attached hydrogens (tertiary/aromatic N) is 1. The lowest BCUT2D eigenvalue weighted by molar-refractivity contribution is -0.123. The Kier molecular flexibility index (Phi) is 5.77. The van der Waals surface area contributed by atoms with Crippen LogP contribution >= 0.6 is 11.6 Å². The smallest absolute Gasteiger partial charge is 0.277 e. The van der Waals surface area contributed by atoms with Crippen LogP contribution in [0.3, 0.4) is 0 Å². The van der Waals surface area contributed by atoms with Crippen molar-refractivity contribution in [3.8, 4) is 5.75 Å². The maximum absolute atomic E-state index is 11.8. The van der Waals surface area contributed by atoms with Crippen molar-refractivity contribution in [2.24, 2.45) is 5.10 Å². The van der Waals surface area contributed by atoms with Crippen LogP contribution < -0.4 is 10.2 Å². The van der Waals surface area contributed by atoms with Crippen LogP contribution in [-0.4, -0.2) is 18.2 Å². The largest absolute Gasteiger partial charge is 0.483 e. The van der Waals surface area contributed by atoms with Crippen molar-refractivity contribution >= 4 is 23.2 Å². The van der Waals surface area contributed by atoms with Crippen LogP contribution in [-0.2, 0) is 4.79 Å². The van der Waals surface area contributed by atoms with E-state index in [9.17, 15) is 4.79 Å². The molecule has 5 heteroatoms. The fourth-order valence-electron chi connectivity index (χ4n) is 2.03. The zero-order valence-corrected chi connectivity index (χ0v) is 14.1. The molecule has 23 heavy (non-hydrogen) atoms. The molecule has 2 aromatic rings. The summed E-state index contributed by atoms with van der Waals surface area (Å²) in [6.07, 6.45) is 0. The van der Waals surface area contributed by atoms with Crippen LogP contribution in [0.4, 0.5) is 0 Å². The molecule has 1 N–H and O–H groups in total. The fraction of sp³-hybridized carbons (Fsp3) is 0.222. The summed E-state index contributed by atoms with van der Waals surface area (Å²) in [6.45, 7) is 5.63. The topological polar surface area (TPSA) is 50.7 Å². The highest BCUT2D eigenvalue weighted by atomic mass is 35.5. The van der Waals surface area contributed by atoms with Crippen molar-refractivity contribution in [3.63, 3.8) is 0 Å². The second kappa shape index (κ2) is 7.79. The monoisotopic (exact) mass is 330 g/mol. The van der Waals surface area contributed by atoms with Gasteiger partial charge in [-0.3, -0.25) is 4.79 Å². The molecule has 1 amide bonds. The van der Waals surface area contributed by atoms with E-state index in [0.29, 0.717) is 10.8 Å². The molecule has 0 aliphatic heterocycles. The van der Waals surface area contributed by atoms with Crippen LogP contribution in [0.5, 0.6) is 5.75 Å². The van der Waals surface area contributed by atoms with Crippen LogP contribution in [0.15, 0.2) is 47.6 Å². The molecule has 120 valence electrons. The second-order valence-electron chi connectivity index (χ2n) is 5.30. The molecular formula is C18H19ClN2O2. The molecular weight excluding hydrogens is 312 g/mol. The number of amides is 1. The van der Waals surface area contributed by atoms with Gasteiger partial charge >= 0.3 is 0 Å². The third-order valence-electron chi connectivity index (χ3n) is 3.28. The quantitative estimate of drug-likeness (QED) is 0.668. The van der Waals surface area contributed by atoms with E-state index in [1.165, 1.54) is 0 Å². The van der Waals surface area contributed by atoms with Crippen LogP contribution in [0.2, 0.25) is 5.02 Å². The van der Waals surface area contributed by atoms with Gasteiger partial charge < -0.3 is 4.74 Å². The van der Waals surface area contributed by atoms with E-state index < -0.39 is 0 Å². The van der Waals surface area contributed by atoms with Gasteiger partial charge in [-0.25, -0.2) is 5.43 Å². The molecule has 0 aromatic heterocycles. The van der Waals surface area contributed by atoms with E-state index in [2.05, 4.69) is 10.5 Å². The number of hydrogen-bond donors (Lipinski definition) is 1. The molecule has 0 bridgehead atoms. The van der Waals surface area contributed by atoms with Gasteiger partial charge in [0.05, 0.1) is 5.71 Å². The summed E-state index contributed by atoms with van der Waals surface area (Å²) in [7, 11) is 0.